The summed E-state index contributed by atoms with van der Waals surface area (Å²) in [6, 6.07) is 10.9. The predicted octanol–water partition coefficient (Wildman–Crippen LogP) is 2.33. The van der Waals surface area contributed by atoms with E-state index in [1.807, 2.05) is 44.2 Å². The molecule has 1 aromatic heterocycles. The van der Waals surface area contributed by atoms with Crippen LogP contribution in [0.2, 0.25) is 5.02 Å². The van der Waals surface area contributed by atoms with Gasteiger partial charge in [-0.05, 0) is 57.2 Å². The number of nitrogens with one attached hydrogen (secondary N) is 4. The van der Waals surface area contributed by atoms with Gasteiger partial charge in [-0.15, -0.1) is 0 Å². The standard InChI is InChI=1S/C33H43ClN8O6S/c1-20(2)17-26-33(46)37-22(4)31-39-30(24-11-7-6-8-12-24)40-42(31)19-28(43)35-15-10-16-41(18-29(44)36-23(5)32(45)38-26)49(47,48)27-14-9-13-25(34)21(27)3/h6-9,11-14,20,22-23,26H,10,15-19H2,1-5H3,(H,35,43)(H,36,44)(H,37,46)(H,38,45)/t22-,23+,26+/m0/s1. The van der Waals surface area contributed by atoms with E-state index < -0.39 is 58.3 Å². The fraction of sp³-hybridized carbons (Fsp3) is 0.455. The van der Waals surface area contributed by atoms with Crippen LogP contribution in [0.4, 0.5) is 0 Å². The van der Waals surface area contributed by atoms with Gasteiger partial charge in [-0.25, -0.2) is 18.1 Å². The summed E-state index contributed by atoms with van der Waals surface area (Å²) in [4.78, 5) is 57.7. The molecule has 4 rings (SSSR count). The number of sulfonamides is 1. The first-order valence-electron chi connectivity index (χ1n) is 16.1. The lowest BCUT2D eigenvalue weighted by atomic mass is 10.0. The summed E-state index contributed by atoms with van der Waals surface area (Å²) in [5.74, 6) is -1.55. The van der Waals surface area contributed by atoms with Crippen molar-refractivity contribution in [2.24, 2.45) is 5.92 Å². The summed E-state index contributed by atoms with van der Waals surface area (Å²) in [6.07, 6.45) is 0.455. The zero-order chi connectivity index (χ0) is 35.9. The van der Waals surface area contributed by atoms with Crippen LogP contribution in [-0.4, -0.2) is 82.8 Å². The van der Waals surface area contributed by atoms with Crippen molar-refractivity contribution in [3.05, 3.63) is 64.9 Å². The van der Waals surface area contributed by atoms with Crippen molar-refractivity contribution in [3.63, 3.8) is 0 Å². The number of carbonyl (C=O) groups is 4. The Balaban J connectivity index is 1.68. The van der Waals surface area contributed by atoms with Crippen LogP contribution >= 0.6 is 11.6 Å². The SMILES string of the molecule is Cc1c(Cl)cccc1S(=O)(=O)N1CCCNC(=O)Cn2nc(-c3ccccc3)nc2[C@H](C)NC(=O)[C@@H](CC(C)C)NC(=O)[C@@H](C)NC(=O)C1. The summed E-state index contributed by atoms with van der Waals surface area (Å²) in [5.41, 5.74) is 1.04. The van der Waals surface area contributed by atoms with Crippen LogP contribution in [0.3, 0.4) is 0 Å². The molecular weight excluding hydrogens is 672 g/mol. The second-order valence-electron chi connectivity index (χ2n) is 12.4. The van der Waals surface area contributed by atoms with Crippen molar-refractivity contribution in [3.8, 4) is 11.4 Å². The molecule has 2 aromatic carbocycles. The molecule has 0 spiro atoms. The number of carbonyl (C=O) groups excluding carboxylic acids is 4. The number of aromatic nitrogens is 3. The highest BCUT2D eigenvalue weighted by atomic mass is 35.5. The van der Waals surface area contributed by atoms with E-state index in [0.717, 1.165) is 4.31 Å². The second kappa shape index (κ2) is 16.4. The summed E-state index contributed by atoms with van der Waals surface area (Å²) in [7, 11) is -4.23. The van der Waals surface area contributed by atoms with E-state index in [2.05, 4.69) is 31.3 Å². The Morgan fingerprint density at radius 1 is 0.898 bits per heavy atom. The van der Waals surface area contributed by atoms with Gasteiger partial charge >= 0.3 is 0 Å². The van der Waals surface area contributed by atoms with Gasteiger partial charge in [-0.2, -0.15) is 9.40 Å². The number of halogens is 1. The maximum atomic E-state index is 13.8. The Kier molecular flexibility index (Phi) is 12.5. The second-order valence-corrected chi connectivity index (χ2v) is 14.7. The van der Waals surface area contributed by atoms with Crippen molar-refractivity contribution >= 4 is 45.3 Å². The Hall–Kier alpha value is -4.34. The molecule has 1 aliphatic rings. The first kappa shape index (κ1) is 37.5. The predicted molar refractivity (Wildman–Crippen MR) is 184 cm³/mol. The molecule has 264 valence electrons. The van der Waals surface area contributed by atoms with E-state index in [1.165, 1.54) is 23.7 Å². The summed E-state index contributed by atoms with van der Waals surface area (Å²) >= 11 is 6.22. The third kappa shape index (κ3) is 9.64. The van der Waals surface area contributed by atoms with E-state index in [0.29, 0.717) is 29.2 Å². The number of amides is 4. The van der Waals surface area contributed by atoms with Crippen LogP contribution in [0, 0.1) is 12.8 Å². The number of nitrogens with zero attached hydrogens (tertiary/aromatic N) is 4. The van der Waals surface area contributed by atoms with Gasteiger partial charge in [0.1, 0.15) is 24.5 Å². The largest absolute Gasteiger partial charge is 0.354 e. The topological polar surface area (TPSA) is 184 Å². The Labute approximate surface area is 291 Å². The molecule has 0 fully saturated rings. The van der Waals surface area contributed by atoms with Gasteiger partial charge in [0.15, 0.2) is 5.82 Å². The molecule has 0 unspecified atom stereocenters. The highest BCUT2D eigenvalue weighted by Crippen LogP contribution is 2.26. The first-order valence-corrected chi connectivity index (χ1v) is 17.9. The molecule has 3 atom stereocenters. The minimum atomic E-state index is -4.23. The van der Waals surface area contributed by atoms with E-state index in [4.69, 9.17) is 11.6 Å². The van der Waals surface area contributed by atoms with Crippen LogP contribution < -0.4 is 21.3 Å². The maximum Gasteiger partial charge on any atom is 0.243 e. The highest BCUT2D eigenvalue weighted by Gasteiger charge is 2.31. The Morgan fingerprint density at radius 3 is 2.31 bits per heavy atom. The normalized spacial score (nSPS) is 21.0. The lowest BCUT2D eigenvalue weighted by Gasteiger charge is -2.25. The number of hydrogen-bond acceptors (Lipinski definition) is 8. The van der Waals surface area contributed by atoms with Gasteiger partial charge in [-0.3, -0.25) is 19.2 Å². The van der Waals surface area contributed by atoms with Gasteiger partial charge in [0.25, 0.3) is 0 Å². The van der Waals surface area contributed by atoms with Crippen molar-refractivity contribution in [2.45, 2.75) is 77.0 Å². The Bertz CT molecular complexity index is 1780. The molecule has 4 N–H and O–H groups in total. The molecule has 0 saturated heterocycles. The third-order valence-electron chi connectivity index (χ3n) is 7.94. The monoisotopic (exact) mass is 714 g/mol. The van der Waals surface area contributed by atoms with Gasteiger partial charge in [-0.1, -0.05) is 61.8 Å². The van der Waals surface area contributed by atoms with Gasteiger partial charge in [0.2, 0.25) is 33.7 Å². The molecule has 14 nitrogen and oxygen atoms in total. The Morgan fingerprint density at radius 2 is 1.61 bits per heavy atom. The summed E-state index contributed by atoms with van der Waals surface area (Å²) in [5, 5.41) is 15.8. The molecular formula is C33H43ClN8O6S. The average molecular weight is 715 g/mol. The summed E-state index contributed by atoms with van der Waals surface area (Å²) in [6.45, 7) is 7.66. The first-order chi connectivity index (χ1) is 23.2. The van der Waals surface area contributed by atoms with Gasteiger partial charge < -0.3 is 21.3 Å². The van der Waals surface area contributed by atoms with E-state index in [1.54, 1.807) is 19.9 Å². The minimum absolute atomic E-state index is 0.0172. The minimum Gasteiger partial charge on any atom is -0.354 e. The molecule has 2 heterocycles. The van der Waals surface area contributed by atoms with Crippen molar-refractivity contribution in [1.29, 1.82) is 0 Å². The molecule has 0 saturated carbocycles. The molecule has 16 heteroatoms. The third-order valence-corrected chi connectivity index (χ3v) is 10.3. The molecule has 3 aromatic rings. The van der Waals surface area contributed by atoms with Crippen LogP contribution in [0.15, 0.2) is 53.4 Å². The van der Waals surface area contributed by atoms with Gasteiger partial charge in [0, 0.05) is 23.7 Å². The fourth-order valence-electron chi connectivity index (χ4n) is 5.36. The van der Waals surface area contributed by atoms with E-state index in [9.17, 15) is 27.6 Å². The van der Waals surface area contributed by atoms with Crippen molar-refractivity contribution < 1.29 is 27.6 Å². The number of rotatable bonds is 5. The quantitative estimate of drug-likeness (QED) is 0.310. The van der Waals surface area contributed by atoms with Crippen molar-refractivity contribution in [1.82, 2.24) is 40.3 Å². The molecule has 0 aliphatic carbocycles. The van der Waals surface area contributed by atoms with Crippen LogP contribution in [0.25, 0.3) is 11.4 Å². The number of benzene rings is 2. The summed E-state index contributed by atoms with van der Waals surface area (Å²) < 4.78 is 30.0. The van der Waals surface area contributed by atoms with Crippen LogP contribution in [-0.2, 0) is 35.7 Å². The molecule has 0 bridgehead atoms. The van der Waals surface area contributed by atoms with Gasteiger partial charge in [0.05, 0.1) is 17.5 Å². The molecule has 4 amide bonds. The van der Waals surface area contributed by atoms with Crippen LogP contribution in [0.1, 0.15) is 58.0 Å². The molecule has 1 aliphatic heterocycles. The van der Waals surface area contributed by atoms with E-state index >= 15 is 0 Å². The van der Waals surface area contributed by atoms with Crippen molar-refractivity contribution in [2.75, 3.05) is 19.6 Å². The zero-order valence-electron chi connectivity index (χ0n) is 28.2. The molecule has 49 heavy (non-hydrogen) atoms. The van der Waals surface area contributed by atoms with Crippen LogP contribution in [0.5, 0.6) is 0 Å². The lowest BCUT2D eigenvalue weighted by molar-refractivity contribution is -0.132. The highest BCUT2D eigenvalue weighted by molar-refractivity contribution is 7.89. The maximum absolute atomic E-state index is 13.8. The smallest absolute Gasteiger partial charge is 0.243 e. The lowest BCUT2D eigenvalue weighted by Crippen LogP contribution is -2.54. The average Bonchev–Trinajstić information content (AvgIpc) is 3.46. The fourth-order valence-corrected chi connectivity index (χ4v) is 7.27. The molecule has 0 radical (unpaired) electrons. The zero-order valence-corrected chi connectivity index (χ0v) is 29.8. The number of fused-ring (bicyclic) bond motifs is 1. The number of hydrogen-bond donors (Lipinski definition) is 4. The van der Waals surface area contributed by atoms with E-state index in [-0.39, 0.29) is 41.9 Å².